The van der Waals surface area contributed by atoms with Crippen molar-refractivity contribution in [3.63, 3.8) is 0 Å². The highest BCUT2D eigenvalue weighted by Crippen LogP contribution is 2.38. The van der Waals surface area contributed by atoms with E-state index in [-0.39, 0.29) is 0 Å². The number of nitrogens with one attached hydrogen (secondary N) is 1. The number of ether oxygens (including phenoxy) is 1. The fourth-order valence-electron chi connectivity index (χ4n) is 4.07. The van der Waals surface area contributed by atoms with E-state index in [2.05, 4.69) is 28.6 Å². The monoisotopic (exact) mass is 304 g/mol. The van der Waals surface area contributed by atoms with Crippen molar-refractivity contribution in [3.05, 3.63) is 17.2 Å². The third-order valence-corrected chi connectivity index (χ3v) is 5.55. The predicted molar refractivity (Wildman–Crippen MR) is 85.8 cm³/mol. The summed E-state index contributed by atoms with van der Waals surface area (Å²) in [6.07, 6.45) is 3.80. The molecule has 5 nitrogen and oxygen atoms in total. The van der Waals surface area contributed by atoms with Crippen molar-refractivity contribution in [2.75, 3.05) is 32.8 Å². The predicted octanol–water partition coefficient (Wildman–Crippen LogP) is 1.58. The molecule has 5 heteroatoms. The normalized spacial score (nSPS) is 30.5. The van der Waals surface area contributed by atoms with Crippen molar-refractivity contribution in [1.82, 2.24) is 19.8 Å². The molecule has 0 aromatic carbocycles. The molecule has 122 valence electrons. The molecule has 1 aromatic heterocycles. The molecule has 2 saturated heterocycles. The minimum absolute atomic E-state index is 0.581. The molecule has 0 radical (unpaired) electrons. The highest BCUT2D eigenvalue weighted by atomic mass is 16.5. The average molecular weight is 304 g/mol. The molecule has 0 spiro atoms. The number of nitrogens with zero attached hydrogens (tertiary/aromatic N) is 3. The average Bonchev–Trinajstić information content (AvgIpc) is 3.31. The number of H-pyrrole nitrogens is 1. The zero-order valence-electron chi connectivity index (χ0n) is 13.8. The van der Waals surface area contributed by atoms with Crippen LogP contribution in [0.4, 0.5) is 0 Å². The molecule has 4 rings (SSSR count). The van der Waals surface area contributed by atoms with Gasteiger partial charge < -0.3 is 9.72 Å². The number of hydrogen-bond donors (Lipinski definition) is 1. The van der Waals surface area contributed by atoms with Crippen LogP contribution in [0.5, 0.6) is 0 Å². The van der Waals surface area contributed by atoms with Gasteiger partial charge in [0.05, 0.1) is 18.9 Å². The lowest BCUT2D eigenvalue weighted by Crippen LogP contribution is -2.62. The van der Waals surface area contributed by atoms with E-state index >= 15 is 0 Å². The highest BCUT2D eigenvalue weighted by Gasteiger charge is 2.42. The van der Waals surface area contributed by atoms with Crippen molar-refractivity contribution in [3.8, 4) is 0 Å². The van der Waals surface area contributed by atoms with Crippen molar-refractivity contribution in [1.29, 1.82) is 0 Å². The summed E-state index contributed by atoms with van der Waals surface area (Å²) in [5.74, 6) is 2.02. The molecule has 1 N–H and O–H groups in total. The molecule has 1 aliphatic carbocycles. The van der Waals surface area contributed by atoms with Gasteiger partial charge in [-0.05, 0) is 25.7 Å². The molecule has 2 atom stereocenters. The zero-order valence-corrected chi connectivity index (χ0v) is 13.8. The van der Waals surface area contributed by atoms with Crippen LogP contribution in [0.2, 0.25) is 0 Å². The summed E-state index contributed by atoms with van der Waals surface area (Å²) in [5.41, 5.74) is 2.45. The second-order valence-corrected chi connectivity index (χ2v) is 7.18. The standard InChI is InChI=1S/C17H28N4O/c1-3-17-18-12(2)15(19-17)9-20-6-7-21-14(8-20)10-22-11-16(21)13-4-5-13/h13-14,16H,3-11H2,1-2H3,(H,18,19)/t14-,16-/m1/s1. The van der Waals surface area contributed by atoms with Gasteiger partial charge in [0.25, 0.3) is 0 Å². The summed E-state index contributed by atoms with van der Waals surface area (Å²) < 4.78 is 5.91. The lowest BCUT2D eigenvalue weighted by Gasteiger charge is -2.48. The lowest BCUT2D eigenvalue weighted by atomic mass is 10.0. The van der Waals surface area contributed by atoms with E-state index in [0.717, 1.165) is 51.0 Å². The zero-order chi connectivity index (χ0) is 15.1. The van der Waals surface area contributed by atoms with Crippen LogP contribution in [0.1, 0.15) is 37.0 Å². The van der Waals surface area contributed by atoms with E-state index in [4.69, 9.17) is 9.72 Å². The van der Waals surface area contributed by atoms with E-state index < -0.39 is 0 Å². The van der Waals surface area contributed by atoms with Crippen molar-refractivity contribution in [2.24, 2.45) is 5.92 Å². The first-order valence-corrected chi connectivity index (χ1v) is 8.84. The van der Waals surface area contributed by atoms with Crippen LogP contribution < -0.4 is 0 Å². The van der Waals surface area contributed by atoms with E-state index in [0.29, 0.717) is 12.1 Å². The molecule has 0 bridgehead atoms. The Morgan fingerprint density at radius 3 is 2.86 bits per heavy atom. The number of rotatable bonds is 4. The Morgan fingerprint density at radius 1 is 1.27 bits per heavy atom. The molecule has 1 aromatic rings. The molecular formula is C17H28N4O. The number of piperazine rings is 1. The van der Waals surface area contributed by atoms with E-state index in [1.807, 2.05) is 0 Å². The number of aromatic nitrogens is 2. The topological polar surface area (TPSA) is 44.4 Å². The summed E-state index contributed by atoms with van der Waals surface area (Å²) in [6, 6.07) is 1.28. The molecule has 3 aliphatic rings. The summed E-state index contributed by atoms with van der Waals surface area (Å²) in [4.78, 5) is 13.4. The molecule has 1 saturated carbocycles. The number of imidazole rings is 1. The first-order chi connectivity index (χ1) is 10.7. The van der Waals surface area contributed by atoms with Crippen LogP contribution in [-0.2, 0) is 17.7 Å². The van der Waals surface area contributed by atoms with Crippen molar-refractivity contribution >= 4 is 0 Å². The first-order valence-electron chi connectivity index (χ1n) is 8.84. The van der Waals surface area contributed by atoms with Gasteiger partial charge in [-0.15, -0.1) is 0 Å². The van der Waals surface area contributed by atoms with Gasteiger partial charge in [0.1, 0.15) is 5.82 Å². The van der Waals surface area contributed by atoms with Crippen LogP contribution in [0.3, 0.4) is 0 Å². The maximum absolute atomic E-state index is 5.91. The highest BCUT2D eigenvalue weighted by molar-refractivity contribution is 5.13. The summed E-state index contributed by atoms with van der Waals surface area (Å²) >= 11 is 0. The Kier molecular flexibility index (Phi) is 3.96. The smallest absolute Gasteiger partial charge is 0.106 e. The SMILES string of the molecule is CCc1nc(CN2CCN3[C@@H](COC[C@@H]3C3CC3)C2)c(C)[nH]1. The summed E-state index contributed by atoms with van der Waals surface area (Å²) in [6.45, 7) is 10.6. The van der Waals surface area contributed by atoms with Crippen molar-refractivity contribution in [2.45, 2.75) is 51.7 Å². The van der Waals surface area contributed by atoms with Gasteiger partial charge in [0.15, 0.2) is 0 Å². The third kappa shape index (κ3) is 2.82. The Labute approximate surface area is 133 Å². The quantitative estimate of drug-likeness (QED) is 0.917. The number of fused-ring (bicyclic) bond motifs is 1. The molecule has 0 unspecified atom stereocenters. The van der Waals surface area contributed by atoms with Crippen LogP contribution in [0, 0.1) is 12.8 Å². The summed E-state index contributed by atoms with van der Waals surface area (Å²) in [5, 5.41) is 0. The van der Waals surface area contributed by atoms with Gasteiger partial charge in [-0.2, -0.15) is 0 Å². The first kappa shape index (κ1) is 14.7. The Hall–Kier alpha value is -0.910. The molecule has 2 aliphatic heterocycles. The molecule has 22 heavy (non-hydrogen) atoms. The molecule has 3 heterocycles. The van der Waals surface area contributed by atoms with Gasteiger partial charge in [-0.25, -0.2) is 4.98 Å². The van der Waals surface area contributed by atoms with Gasteiger partial charge in [0.2, 0.25) is 0 Å². The minimum Gasteiger partial charge on any atom is -0.378 e. The van der Waals surface area contributed by atoms with Crippen LogP contribution in [0.15, 0.2) is 0 Å². The Bertz CT molecular complexity index is 525. The maximum atomic E-state index is 5.91. The Balaban J connectivity index is 1.40. The fourth-order valence-corrected chi connectivity index (χ4v) is 4.07. The number of aryl methyl sites for hydroxylation is 2. The lowest BCUT2D eigenvalue weighted by molar-refractivity contribution is -0.0881. The van der Waals surface area contributed by atoms with Crippen LogP contribution in [0.25, 0.3) is 0 Å². The van der Waals surface area contributed by atoms with Gasteiger partial charge >= 0.3 is 0 Å². The molecule has 0 amide bonds. The molecular weight excluding hydrogens is 276 g/mol. The number of aromatic amines is 1. The maximum Gasteiger partial charge on any atom is 0.106 e. The number of hydrogen-bond acceptors (Lipinski definition) is 4. The Morgan fingerprint density at radius 2 is 2.14 bits per heavy atom. The second-order valence-electron chi connectivity index (χ2n) is 7.18. The third-order valence-electron chi connectivity index (χ3n) is 5.55. The van der Waals surface area contributed by atoms with Crippen LogP contribution in [-0.4, -0.2) is 64.7 Å². The largest absolute Gasteiger partial charge is 0.378 e. The number of morpholine rings is 1. The fraction of sp³-hybridized carbons (Fsp3) is 0.824. The molecule has 3 fully saturated rings. The van der Waals surface area contributed by atoms with Crippen LogP contribution >= 0.6 is 0 Å². The minimum atomic E-state index is 0.581. The second kappa shape index (κ2) is 5.95. The van der Waals surface area contributed by atoms with Gasteiger partial charge in [-0.3, -0.25) is 9.80 Å². The van der Waals surface area contributed by atoms with E-state index in [9.17, 15) is 0 Å². The van der Waals surface area contributed by atoms with Gasteiger partial charge in [-0.1, -0.05) is 6.92 Å². The van der Waals surface area contributed by atoms with Crippen molar-refractivity contribution < 1.29 is 4.74 Å². The summed E-state index contributed by atoms with van der Waals surface area (Å²) in [7, 11) is 0. The van der Waals surface area contributed by atoms with E-state index in [1.165, 1.54) is 30.8 Å². The van der Waals surface area contributed by atoms with Gasteiger partial charge in [0, 0.05) is 50.4 Å². The van der Waals surface area contributed by atoms with E-state index in [1.54, 1.807) is 0 Å².